The van der Waals surface area contributed by atoms with Gasteiger partial charge in [-0.3, -0.25) is 4.57 Å². The van der Waals surface area contributed by atoms with Crippen molar-refractivity contribution in [2.24, 2.45) is 0 Å². The summed E-state index contributed by atoms with van der Waals surface area (Å²) in [5.41, 5.74) is -0.276. The van der Waals surface area contributed by atoms with Crippen LogP contribution in [0.2, 0.25) is 10.0 Å². The Morgan fingerprint density at radius 2 is 1.70 bits per heavy atom. The van der Waals surface area contributed by atoms with Gasteiger partial charge in [0, 0.05) is 5.02 Å². The van der Waals surface area contributed by atoms with E-state index in [1.807, 2.05) is 0 Å². The third kappa shape index (κ3) is 3.99. The van der Waals surface area contributed by atoms with Crippen LogP contribution in [0.5, 0.6) is 0 Å². The molecule has 0 spiro atoms. The van der Waals surface area contributed by atoms with Crippen molar-refractivity contribution in [1.82, 2.24) is 14.3 Å². The molecule has 0 saturated heterocycles. The summed E-state index contributed by atoms with van der Waals surface area (Å²) in [5.74, 6) is -1.61. The van der Waals surface area contributed by atoms with E-state index >= 15 is 0 Å². The summed E-state index contributed by atoms with van der Waals surface area (Å²) in [4.78, 5) is 0. The molecule has 1 aromatic carbocycles. The maximum atomic E-state index is 13.1. The summed E-state index contributed by atoms with van der Waals surface area (Å²) in [6, 6.07) is 3.47. The summed E-state index contributed by atoms with van der Waals surface area (Å²) in [7, 11) is 0. The van der Waals surface area contributed by atoms with Crippen LogP contribution in [0.15, 0.2) is 18.2 Å². The Balaban J connectivity index is 2.73. The first-order chi connectivity index (χ1) is 10.4. The van der Waals surface area contributed by atoms with E-state index in [0.717, 1.165) is 12.1 Å². The number of rotatable bonds is 2. The second kappa shape index (κ2) is 5.99. The summed E-state index contributed by atoms with van der Waals surface area (Å²) in [5, 5.41) is 2.87. The first-order valence-corrected chi connectivity index (χ1v) is 6.86. The van der Waals surface area contributed by atoms with Crippen LogP contribution in [0.1, 0.15) is 5.82 Å². The number of halogens is 8. The zero-order chi connectivity index (χ0) is 17.6. The minimum absolute atomic E-state index is 0.0447. The zero-order valence-electron chi connectivity index (χ0n) is 10.7. The first kappa shape index (κ1) is 18.1. The molecule has 0 amide bonds. The highest BCUT2D eigenvalue weighted by molar-refractivity contribution is 7.71. The lowest BCUT2D eigenvalue weighted by atomic mass is 10.3. The molecular formula is C11H5Cl2F6N3S. The second-order valence-electron chi connectivity index (χ2n) is 4.31. The van der Waals surface area contributed by atoms with Crippen LogP contribution in [0.3, 0.4) is 0 Å². The molecule has 0 atom stereocenters. The van der Waals surface area contributed by atoms with Crippen molar-refractivity contribution < 1.29 is 26.3 Å². The van der Waals surface area contributed by atoms with Gasteiger partial charge in [-0.15, -0.1) is 5.10 Å². The Labute approximate surface area is 140 Å². The van der Waals surface area contributed by atoms with Gasteiger partial charge in [0.1, 0.15) is 6.54 Å². The van der Waals surface area contributed by atoms with Crippen molar-refractivity contribution in [3.8, 4) is 5.69 Å². The van der Waals surface area contributed by atoms with Crippen LogP contribution in [-0.2, 0) is 12.7 Å². The molecule has 2 rings (SSSR count). The number of nitrogens with zero attached hydrogens (tertiary/aromatic N) is 3. The van der Waals surface area contributed by atoms with Gasteiger partial charge in [0.2, 0.25) is 10.6 Å². The molecule has 126 valence electrons. The zero-order valence-corrected chi connectivity index (χ0v) is 13.0. The van der Waals surface area contributed by atoms with E-state index in [-0.39, 0.29) is 20.4 Å². The smallest absolute Gasteiger partial charge is 0.263 e. The molecule has 0 aliphatic carbocycles. The Kier molecular flexibility index (Phi) is 4.71. The van der Waals surface area contributed by atoms with Crippen molar-refractivity contribution in [3.63, 3.8) is 0 Å². The van der Waals surface area contributed by atoms with E-state index < -0.39 is 29.5 Å². The van der Waals surface area contributed by atoms with E-state index in [1.165, 1.54) is 6.07 Å². The lowest BCUT2D eigenvalue weighted by molar-refractivity contribution is -0.151. The normalized spacial score (nSPS) is 12.7. The maximum absolute atomic E-state index is 13.1. The molecule has 0 bridgehead atoms. The molecule has 23 heavy (non-hydrogen) atoms. The fourth-order valence-electron chi connectivity index (χ4n) is 1.74. The van der Waals surface area contributed by atoms with Crippen molar-refractivity contribution in [3.05, 3.63) is 38.8 Å². The van der Waals surface area contributed by atoms with Gasteiger partial charge < -0.3 is 0 Å². The molecule has 0 unspecified atom stereocenters. The predicted octanol–water partition coefficient (Wildman–Crippen LogP) is 5.29. The van der Waals surface area contributed by atoms with Gasteiger partial charge >= 0.3 is 12.4 Å². The highest BCUT2D eigenvalue weighted by Crippen LogP contribution is 2.33. The van der Waals surface area contributed by atoms with Gasteiger partial charge in [-0.2, -0.15) is 26.3 Å². The Morgan fingerprint density at radius 3 is 2.17 bits per heavy atom. The molecule has 0 aliphatic heterocycles. The van der Waals surface area contributed by atoms with E-state index in [1.54, 1.807) is 0 Å². The average molecular weight is 396 g/mol. The van der Waals surface area contributed by atoms with E-state index in [2.05, 4.69) is 5.10 Å². The molecule has 3 nitrogen and oxygen atoms in total. The molecule has 0 saturated carbocycles. The summed E-state index contributed by atoms with van der Waals surface area (Å²) >= 11 is 16.2. The second-order valence-corrected chi connectivity index (χ2v) is 5.52. The fraction of sp³-hybridized carbons (Fsp3) is 0.273. The van der Waals surface area contributed by atoms with Crippen molar-refractivity contribution in [2.45, 2.75) is 18.9 Å². The number of hydrogen-bond acceptors (Lipinski definition) is 2. The molecule has 1 heterocycles. The maximum Gasteiger partial charge on any atom is 0.452 e. The van der Waals surface area contributed by atoms with Crippen LogP contribution in [-0.4, -0.2) is 20.5 Å². The number of alkyl halides is 6. The van der Waals surface area contributed by atoms with Gasteiger partial charge in [-0.05, 0) is 30.4 Å². The van der Waals surface area contributed by atoms with E-state index in [9.17, 15) is 26.3 Å². The highest BCUT2D eigenvalue weighted by atomic mass is 35.5. The third-order valence-electron chi connectivity index (χ3n) is 2.57. The lowest BCUT2D eigenvalue weighted by Crippen LogP contribution is -2.19. The summed E-state index contributed by atoms with van der Waals surface area (Å²) in [6.07, 6.45) is -9.82. The minimum atomic E-state index is -5.03. The predicted molar refractivity (Wildman–Crippen MR) is 73.5 cm³/mol. The molecule has 0 aliphatic rings. The van der Waals surface area contributed by atoms with Gasteiger partial charge in [-0.25, -0.2) is 4.68 Å². The van der Waals surface area contributed by atoms with Gasteiger partial charge in [0.05, 0.1) is 10.7 Å². The summed E-state index contributed by atoms with van der Waals surface area (Å²) < 4.78 is 76.2. The van der Waals surface area contributed by atoms with E-state index in [0.29, 0.717) is 4.57 Å². The van der Waals surface area contributed by atoms with Crippen LogP contribution >= 0.6 is 35.4 Å². The number of hydrogen-bond donors (Lipinski definition) is 0. The van der Waals surface area contributed by atoms with Crippen molar-refractivity contribution >= 4 is 35.4 Å². The van der Waals surface area contributed by atoms with Crippen LogP contribution in [0.25, 0.3) is 5.69 Å². The van der Waals surface area contributed by atoms with E-state index in [4.69, 9.17) is 35.4 Å². The number of aromatic nitrogens is 3. The largest absolute Gasteiger partial charge is 0.452 e. The molecule has 0 radical (unpaired) electrons. The van der Waals surface area contributed by atoms with Gasteiger partial charge in [0.25, 0.3) is 0 Å². The van der Waals surface area contributed by atoms with Crippen LogP contribution < -0.4 is 0 Å². The Hall–Kier alpha value is -1.26. The molecule has 0 N–H and O–H groups in total. The third-order valence-corrected chi connectivity index (χ3v) is 3.50. The number of benzene rings is 1. The summed E-state index contributed by atoms with van der Waals surface area (Å²) in [6.45, 7) is -1.76. The van der Waals surface area contributed by atoms with Crippen molar-refractivity contribution in [2.75, 3.05) is 0 Å². The SMILES string of the molecule is FC(F)(F)Cn1nc(C(F)(F)F)n(-c2ccc(Cl)cc2Cl)c1=S. The lowest BCUT2D eigenvalue weighted by Gasteiger charge is -2.10. The molecule has 0 fully saturated rings. The molecule has 1 aromatic heterocycles. The van der Waals surface area contributed by atoms with Crippen LogP contribution in [0, 0.1) is 4.77 Å². The highest BCUT2D eigenvalue weighted by Gasteiger charge is 2.40. The molecule has 12 heteroatoms. The first-order valence-electron chi connectivity index (χ1n) is 5.69. The topological polar surface area (TPSA) is 22.8 Å². The van der Waals surface area contributed by atoms with Crippen LogP contribution in [0.4, 0.5) is 26.3 Å². The van der Waals surface area contributed by atoms with Gasteiger partial charge in [-0.1, -0.05) is 23.2 Å². The molecule has 2 aromatic rings. The Morgan fingerprint density at radius 1 is 1.09 bits per heavy atom. The van der Waals surface area contributed by atoms with Crippen molar-refractivity contribution in [1.29, 1.82) is 0 Å². The van der Waals surface area contributed by atoms with Gasteiger partial charge in [0.15, 0.2) is 0 Å². The minimum Gasteiger partial charge on any atom is -0.263 e. The Bertz CT molecular complexity index is 793. The average Bonchev–Trinajstić information content (AvgIpc) is 2.65. The molecular weight excluding hydrogens is 391 g/mol. The fourth-order valence-corrected chi connectivity index (χ4v) is 2.53. The standard InChI is InChI=1S/C11H5Cl2F6N3S/c12-5-1-2-7(6(13)3-5)22-8(11(17,18)19)20-21(9(22)23)4-10(14,15)16/h1-3H,4H2. The monoisotopic (exact) mass is 395 g/mol. The quantitative estimate of drug-likeness (QED) is 0.509.